The number of benzene rings is 3. The van der Waals surface area contributed by atoms with Crippen molar-refractivity contribution in [3.05, 3.63) is 82.3 Å². The molecule has 9 nitrogen and oxygen atoms in total. The summed E-state index contributed by atoms with van der Waals surface area (Å²) in [5, 5.41) is 12.6. The van der Waals surface area contributed by atoms with E-state index in [-0.39, 0.29) is 5.43 Å². The third kappa shape index (κ3) is 4.35. The normalized spacial score (nSPS) is 11.1. The van der Waals surface area contributed by atoms with Crippen LogP contribution in [0.1, 0.15) is 11.3 Å². The standard InChI is InChI=1S/C26H24N4O5/c1-32-19-11-23(34-3)25-24(12-19)35-22-9-8-17(10-20(22)26(25)31)27-13-18-15-30(29-28-18)14-16-6-4-5-7-21(16)33-2/h4-12,15,27H,13-14H2,1-3H3. The Labute approximate surface area is 200 Å². The molecule has 0 unspecified atom stereocenters. The van der Waals surface area contributed by atoms with E-state index < -0.39 is 0 Å². The summed E-state index contributed by atoms with van der Waals surface area (Å²) in [6, 6.07) is 16.5. The molecule has 2 aromatic heterocycles. The van der Waals surface area contributed by atoms with Gasteiger partial charge in [-0.15, -0.1) is 5.10 Å². The Bertz CT molecular complexity index is 1570. The number of hydrogen-bond acceptors (Lipinski definition) is 8. The van der Waals surface area contributed by atoms with E-state index in [0.717, 1.165) is 22.7 Å². The molecule has 0 spiro atoms. The summed E-state index contributed by atoms with van der Waals surface area (Å²) in [4.78, 5) is 13.3. The Hall–Kier alpha value is -4.53. The van der Waals surface area contributed by atoms with Crippen molar-refractivity contribution in [2.75, 3.05) is 26.6 Å². The van der Waals surface area contributed by atoms with E-state index in [1.807, 2.05) is 36.5 Å². The van der Waals surface area contributed by atoms with Crippen LogP contribution in [0.25, 0.3) is 21.9 Å². The van der Waals surface area contributed by atoms with Gasteiger partial charge in [-0.25, -0.2) is 4.68 Å². The number of rotatable bonds is 8. The largest absolute Gasteiger partial charge is 0.496 e. The van der Waals surface area contributed by atoms with Crippen molar-refractivity contribution in [3.63, 3.8) is 0 Å². The number of aromatic nitrogens is 3. The molecule has 3 aromatic carbocycles. The van der Waals surface area contributed by atoms with E-state index in [1.165, 1.54) is 7.11 Å². The van der Waals surface area contributed by atoms with Gasteiger partial charge in [0.05, 0.1) is 46.0 Å². The first-order valence-electron chi connectivity index (χ1n) is 11.0. The van der Waals surface area contributed by atoms with Gasteiger partial charge in [0.2, 0.25) is 5.43 Å². The molecule has 9 heteroatoms. The average Bonchev–Trinajstić information content (AvgIpc) is 3.34. The van der Waals surface area contributed by atoms with E-state index in [4.69, 9.17) is 18.6 Å². The monoisotopic (exact) mass is 472 g/mol. The van der Waals surface area contributed by atoms with Crippen molar-refractivity contribution in [1.82, 2.24) is 15.0 Å². The Kier molecular flexibility index (Phi) is 5.97. The molecule has 1 N–H and O–H groups in total. The first kappa shape index (κ1) is 22.3. The minimum absolute atomic E-state index is 0.174. The summed E-state index contributed by atoms with van der Waals surface area (Å²) in [6.07, 6.45) is 1.88. The number of fused-ring (bicyclic) bond motifs is 2. The predicted molar refractivity (Wildman–Crippen MR) is 133 cm³/mol. The number of para-hydroxylation sites is 1. The van der Waals surface area contributed by atoms with Crippen molar-refractivity contribution >= 4 is 27.6 Å². The van der Waals surface area contributed by atoms with Crippen molar-refractivity contribution in [2.24, 2.45) is 0 Å². The molecule has 0 amide bonds. The lowest BCUT2D eigenvalue weighted by atomic mass is 10.1. The Balaban J connectivity index is 1.38. The lowest BCUT2D eigenvalue weighted by Gasteiger charge is -2.10. The number of nitrogens with zero attached hydrogens (tertiary/aromatic N) is 3. The van der Waals surface area contributed by atoms with Gasteiger partial charge in [-0.2, -0.15) is 0 Å². The van der Waals surface area contributed by atoms with Gasteiger partial charge in [-0.3, -0.25) is 4.79 Å². The maximum absolute atomic E-state index is 13.3. The number of ether oxygens (including phenoxy) is 3. The van der Waals surface area contributed by atoms with Gasteiger partial charge in [-0.1, -0.05) is 23.4 Å². The molecule has 0 aliphatic heterocycles. The van der Waals surface area contributed by atoms with Crippen LogP contribution >= 0.6 is 0 Å². The second-order valence-corrected chi connectivity index (χ2v) is 7.92. The highest BCUT2D eigenvalue weighted by Gasteiger charge is 2.15. The van der Waals surface area contributed by atoms with Crippen LogP contribution in [-0.2, 0) is 13.1 Å². The zero-order chi connectivity index (χ0) is 24.4. The highest BCUT2D eigenvalue weighted by atomic mass is 16.5. The molecule has 0 saturated carbocycles. The van der Waals surface area contributed by atoms with E-state index in [9.17, 15) is 4.79 Å². The molecular formula is C26H24N4O5. The van der Waals surface area contributed by atoms with E-state index in [2.05, 4.69) is 15.6 Å². The summed E-state index contributed by atoms with van der Waals surface area (Å²) >= 11 is 0. The summed E-state index contributed by atoms with van der Waals surface area (Å²) in [6.45, 7) is 0.991. The van der Waals surface area contributed by atoms with Crippen molar-refractivity contribution < 1.29 is 18.6 Å². The predicted octanol–water partition coefficient (Wildman–Crippen LogP) is 4.22. The van der Waals surface area contributed by atoms with Gasteiger partial charge in [0.25, 0.3) is 0 Å². The third-order valence-electron chi connectivity index (χ3n) is 5.75. The zero-order valence-electron chi connectivity index (χ0n) is 19.6. The molecule has 0 aliphatic rings. The Morgan fingerprint density at radius 3 is 2.57 bits per heavy atom. The highest BCUT2D eigenvalue weighted by Crippen LogP contribution is 2.31. The zero-order valence-corrected chi connectivity index (χ0v) is 19.6. The fourth-order valence-electron chi connectivity index (χ4n) is 4.01. The van der Waals surface area contributed by atoms with Crippen molar-refractivity contribution in [3.8, 4) is 17.2 Å². The SMILES string of the molecule is COc1cc(OC)c2c(=O)c3cc(NCc4cn(Cc5ccccc5OC)nn4)ccc3oc2c1. The first-order valence-corrected chi connectivity index (χ1v) is 11.0. The fraction of sp³-hybridized carbons (Fsp3) is 0.192. The molecule has 0 saturated heterocycles. The smallest absolute Gasteiger partial charge is 0.204 e. The number of methoxy groups -OCH3 is 3. The van der Waals surface area contributed by atoms with Gasteiger partial charge < -0.3 is 23.9 Å². The molecule has 0 aliphatic carbocycles. The van der Waals surface area contributed by atoms with Crippen molar-refractivity contribution in [2.45, 2.75) is 13.1 Å². The van der Waals surface area contributed by atoms with Crippen LogP contribution in [0.2, 0.25) is 0 Å². The first-order chi connectivity index (χ1) is 17.1. The highest BCUT2D eigenvalue weighted by molar-refractivity contribution is 5.95. The molecule has 178 valence electrons. The maximum Gasteiger partial charge on any atom is 0.204 e. The summed E-state index contributed by atoms with van der Waals surface area (Å²) in [5.74, 6) is 1.76. The van der Waals surface area contributed by atoms with Crippen LogP contribution in [0, 0.1) is 0 Å². The maximum atomic E-state index is 13.3. The third-order valence-corrected chi connectivity index (χ3v) is 5.75. The second kappa shape index (κ2) is 9.38. The molecule has 35 heavy (non-hydrogen) atoms. The number of hydrogen-bond donors (Lipinski definition) is 1. The van der Waals surface area contributed by atoms with Crippen LogP contribution in [0.4, 0.5) is 5.69 Å². The molecule has 0 bridgehead atoms. The minimum atomic E-state index is -0.174. The molecule has 0 radical (unpaired) electrons. The lowest BCUT2D eigenvalue weighted by Crippen LogP contribution is -2.06. The fourth-order valence-corrected chi connectivity index (χ4v) is 4.01. The van der Waals surface area contributed by atoms with E-state index in [1.54, 1.807) is 43.2 Å². The molecule has 5 rings (SSSR count). The van der Waals surface area contributed by atoms with Gasteiger partial charge in [-0.05, 0) is 24.3 Å². The second-order valence-electron chi connectivity index (χ2n) is 7.92. The Morgan fingerprint density at radius 1 is 0.943 bits per heavy atom. The lowest BCUT2D eigenvalue weighted by molar-refractivity contribution is 0.396. The summed E-state index contributed by atoms with van der Waals surface area (Å²) < 4.78 is 23.9. The molecular weight excluding hydrogens is 448 g/mol. The van der Waals surface area contributed by atoms with Crippen molar-refractivity contribution in [1.29, 1.82) is 0 Å². The van der Waals surface area contributed by atoms with Gasteiger partial charge in [0.15, 0.2) is 0 Å². The average molecular weight is 473 g/mol. The number of nitrogens with one attached hydrogen (secondary N) is 1. The topological polar surface area (TPSA) is 101 Å². The van der Waals surface area contributed by atoms with Gasteiger partial charge in [0.1, 0.15) is 39.5 Å². The molecule has 0 atom stereocenters. The molecule has 2 heterocycles. The number of anilines is 1. The van der Waals surface area contributed by atoms with Crippen LogP contribution in [0.5, 0.6) is 17.2 Å². The molecule has 0 fully saturated rings. The minimum Gasteiger partial charge on any atom is -0.496 e. The Morgan fingerprint density at radius 2 is 1.77 bits per heavy atom. The van der Waals surface area contributed by atoms with Crippen LogP contribution in [0.3, 0.4) is 0 Å². The van der Waals surface area contributed by atoms with E-state index >= 15 is 0 Å². The van der Waals surface area contributed by atoms with Crippen LogP contribution < -0.4 is 25.0 Å². The summed E-state index contributed by atoms with van der Waals surface area (Å²) in [7, 11) is 4.71. The van der Waals surface area contributed by atoms with E-state index in [0.29, 0.717) is 46.5 Å². The quantitative estimate of drug-likeness (QED) is 0.335. The van der Waals surface area contributed by atoms with Gasteiger partial charge >= 0.3 is 0 Å². The summed E-state index contributed by atoms with van der Waals surface area (Å²) in [5.41, 5.74) is 3.25. The van der Waals surface area contributed by atoms with Crippen LogP contribution in [0.15, 0.2) is 70.0 Å². The molecule has 5 aromatic rings. The van der Waals surface area contributed by atoms with Gasteiger partial charge in [0, 0.05) is 23.4 Å². The van der Waals surface area contributed by atoms with Crippen LogP contribution in [-0.4, -0.2) is 36.3 Å².